The number of hydrogen-bond donors (Lipinski definition) is 2. The molecule has 2 N–H and O–H groups in total. The Hall–Kier alpha value is -1.72. The third-order valence-corrected chi connectivity index (χ3v) is 3.61. The van der Waals surface area contributed by atoms with Crippen LogP contribution in [0.25, 0.3) is 0 Å². The fourth-order valence-corrected chi connectivity index (χ4v) is 2.65. The van der Waals surface area contributed by atoms with Gasteiger partial charge in [0.2, 0.25) is 10.0 Å². The van der Waals surface area contributed by atoms with Gasteiger partial charge in [0.1, 0.15) is 0 Å². The van der Waals surface area contributed by atoms with Gasteiger partial charge in [-0.3, -0.25) is 4.72 Å². The molecular weight excluding hydrogens is 296 g/mol. The molecule has 0 atom stereocenters. The second-order valence-corrected chi connectivity index (χ2v) is 6.63. The Morgan fingerprint density at radius 1 is 1.00 bits per heavy atom. The lowest BCUT2D eigenvalue weighted by Crippen LogP contribution is -2.11. The van der Waals surface area contributed by atoms with Gasteiger partial charge in [0.15, 0.2) is 0 Å². The molecule has 4 nitrogen and oxygen atoms in total. The van der Waals surface area contributed by atoms with Crippen molar-refractivity contribution in [3.8, 4) is 0 Å². The Morgan fingerprint density at radius 3 is 2.25 bits per heavy atom. The number of halogens is 1. The highest BCUT2D eigenvalue weighted by Gasteiger charge is 2.09. The zero-order chi connectivity index (χ0) is 14.8. The van der Waals surface area contributed by atoms with E-state index in [2.05, 4.69) is 10.0 Å². The van der Waals surface area contributed by atoms with Gasteiger partial charge < -0.3 is 5.32 Å². The van der Waals surface area contributed by atoms with Crippen LogP contribution in [0.5, 0.6) is 0 Å². The maximum absolute atomic E-state index is 11.4. The molecule has 0 saturated heterocycles. The molecular formula is C14H15ClN2O2S. The van der Waals surface area contributed by atoms with Crippen molar-refractivity contribution in [2.45, 2.75) is 6.92 Å². The minimum atomic E-state index is -3.34. The Kier molecular flexibility index (Phi) is 4.20. The molecule has 106 valence electrons. The predicted octanol–water partition coefficient (Wildman–Crippen LogP) is 3.76. The van der Waals surface area contributed by atoms with E-state index >= 15 is 0 Å². The highest BCUT2D eigenvalue weighted by Crippen LogP contribution is 2.32. The molecule has 2 rings (SSSR count). The predicted molar refractivity (Wildman–Crippen MR) is 84.4 cm³/mol. The van der Waals surface area contributed by atoms with Crippen LogP contribution < -0.4 is 10.0 Å². The smallest absolute Gasteiger partial charge is 0.229 e. The average Bonchev–Trinajstić information content (AvgIpc) is 2.34. The van der Waals surface area contributed by atoms with Gasteiger partial charge in [-0.2, -0.15) is 0 Å². The van der Waals surface area contributed by atoms with E-state index in [4.69, 9.17) is 11.6 Å². The van der Waals surface area contributed by atoms with E-state index < -0.39 is 10.0 Å². The minimum Gasteiger partial charge on any atom is -0.352 e. The molecule has 0 radical (unpaired) electrons. The van der Waals surface area contributed by atoms with E-state index in [0.717, 1.165) is 17.5 Å². The first-order chi connectivity index (χ1) is 9.37. The van der Waals surface area contributed by atoms with Gasteiger partial charge in [0, 0.05) is 0 Å². The zero-order valence-electron chi connectivity index (χ0n) is 11.1. The molecule has 0 aromatic heterocycles. The number of benzene rings is 2. The Morgan fingerprint density at radius 2 is 1.65 bits per heavy atom. The summed E-state index contributed by atoms with van der Waals surface area (Å²) in [5, 5.41) is 3.76. The lowest BCUT2D eigenvalue weighted by atomic mass is 10.2. The lowest BCUT2D eigenvalue weighted by Gasteiger charge is -2.15. The van der Waals surface area contributed by atoms with Crippen LogP contribution in [0.1, 0.15) is 5.56 Å². The van der Waals surface area contributed by atoms with Gasteiger partial charge in [-0.1, -0.05) is 35.9 Å². The fraction of sp³-hybridized carbons (Fsp3) is 0.143. The first kappa shape index (κ1) is 14.7. The van der Waals surface area contributed by atoms with Crippen LogP contribution in [-0.4, -0.2) is 14.7 Å². The van der Waals surface area contributed by atoms with Gasteiger partial charge in [-0.15, -0.1) is 0 Å². The molecule has 2 aromatic rings. The van der Waals surface area contributed by atoms with Crippen LogP contribution in [0.2, 0.25) is 5.02 Å². The minimum absolute atomic E-state index is 0.481. The van der Waals surface area contributed by atoms with E-state index in [1.165, 1.54) is 0 Å². The van der Waals surface area contributed by atoms with Crippen molar-refractivity contribution in [1.82, 2.24) is 0 Å². The van der Waals surface area contributed by atoms with Crippen LogP contribution >= 0.6 is 11.6 Å². The van der Waals surface area contributed by atoms with E-state index in [9.17, 15) is 8.42 Å². The van der Waals surface area contributed by atoms with Gasteiger partial charge in [0.05, 0.1) is 28.3 Å². The highest BCUT2D eigenvalue weighted by atomic mass is 35.5. The Balaban J connectivity index is 2.39. The molecule has 0 amide bonds. The molecule has 0 aliphatic heterocycles. The number of anilines is 3. The normalized spacial score (nSPS) is 11.2. The third-order valence-electron chi connectivity index (χ3n) is 2.70. The van der Waals surface area contributed by atoms with E-state index in [0.29, 0.717) is 16.4 Å². The van der Waals surface area contributed by atoms with Crippen LogP contribution in [0.3, 0.4) is 0 Å². The van der Waals surface area contributed by atoms with Crippen molar-refractivity contribution in [2.24, 2.45) is 0 Å². The highest BCUT2D eigenvalue weighted by molar-refractivity contribution is 7.92. The van der Waals surface area contributed by atoms with Crippen molar-refractivity contribution in [1.29, 1.82) is 0 Å². The fourth-order valence-electron chi connectivity index (χ4n) is 1.81. The Labute approximate surface area is 123 Å². The summed E-state index contributed by atoms with van der Waals surface area (Å²) in [6, 6.07) is 12.6. The summed E-state index contributed by atoms with van der Waals surface area (Å²) in [7, 11) is -3.34. The van der Waals surface area contributed by atoms with Crippen molar-refractivity contribution in [2.75, 3.05) is 16.3 Å². The lowest BCUT2D eigenvalue weighted by molar-refractivity contribution is 0.607. The summed E-state index contributed by atoms with van der Waals surface area (Å²) in [6.07, 6.45) is 1.12. The summed E-state index contributed by atoms with van der Waals surface area (Å²) < 4.78 is 25.2. The van der Waals surface area contributed by atoms with Crippen molar-refractivity contribution >= 4 is 38.7 Å². The molecule has 0 heterocycles. The third kappa shape index (κ3) is 3.65. The molecule has 0 fully saturated rings. The van der Waals surface area contributed by atoms with Crippen molar-refractivity contribution in [3.05, 3.63) is 53.1 Å². The molecule has 0 spiro atoms. The van der Waals surface area contributed by atoms with E-state index in [1.807, 2.05) is 25.1 Å². The van der Waals surface area contributed by atoms with Crippen LogP contribution in [-0.2, 0) is 10.0 Å². The Bertz CT molecular complexity index is 709. The average molecular weight is 311 g/mol. The molecule has 0 bridgehead atoms. The molecule has 0 aliphatic carbocycles. The number of para-hydroxylation sites is 3. The standard InChI is InChI=1S/C14H15ClN2O2S/c1-10-6-5-7-11(15)14(10)16-12-8-3-4-9-13(12)17-20(2,18)19/h3-9,16-17H,1-2H3. The second-order valence-electron chi connectivity index (χ2n) is 4.48. The SMILES string of the molecule is Cc1cccc(Cl)c1Nc1ccccc1NS(C)(=O)=O. The maximum atomic E-state index is 11.4. The van der Waals surface area contributed by atoms with Crippen LogP contribution in [0, 0.1) is 6.92 Å². The van der Waals surface area contributed by atoms with E-state index in [-0.39, 0.29) is 0 Å². The van der Waals surface area contributed by atoms with Crippen molar-refractivity contribution < 1.29 is 8.42 Å². The molecule has 0 aliphatic rings. The summed E-state index contributed by atoms with van der Waals surface area (Å²) in [5.41, 5.74) is 2.87. The summed E-state index contributed by atoms with van der Waals surface area (Å²) in [5.74, 6) is 0. The molecule has 20 heavy (non-hydrogen) atoms. The molecule has 0 saturated carbocycles. The largest absolute Gasteiger partial charge is 0.352 e. The van der Waals surface area contributed by atoms with Gasteiger partial charge in [0.25, 0.3) is 0 Å². The number of nitrogens with one attached hydrogen (secondary N) is 2. The number of sulfonamides is 1. The summed E-state index contributed by atoms with van der Waals surface area (Å²) in [6.45, 7) is 1.93. The van der Waals surface area contributed by atoms with Gasteiger partial charge in [-0.25, -0.2) is 8.42 Å². The molecule has 6 heteroatoms. The summed E-state index contributed by atoms with van der Waals surface area (Å²) in [4.78, 5) is 0. The van der Waals surface area contributed by atoms with Gasteiger partial charge in [-0.05, 0) is 30.7 Å². The first-order valence-electron chi connectivity index (χ1n) is 5.96. The van der Waals surface area contributed by atoms with Crippen LogP contribution in [0.15, 0.2) is 42.5 Å². The quantitative estimate of drug-likeness (QED) is 0.904. The number of aryl methyl sites for hydroxylation is 1. The molecule has 0 unspecified atom stereocenters. The summed E-state index contributed by atoms with van der Waals surface area (Å²) >= 11 is 6.16. The maximum Gasteiger partial charge on any atom is 0.229 e. The number of rotatable bonds is 4. The first-order valence-corrected chi connectivity index (χ1v) is 8.23. The second kappa shape index (κ2) is 5.73. The number of hydrogen-bond acceptors (Lipinski definition) is 3. The van der Waals surface area contributed by atoms with Crippen molar-refractivity contribution in [3.63, 3.8) is 0 Å². The van der Waals surface area contributed by atoms with E-state index in [1.54, 1.807) is 24.3 Å². The van der Waals surface area contributed by atoms with Gasteiger partial charge >= 0.3 is 0 Å². The monoisotopic (exact) mass is 310 g/mol. The molecule has 2 aromatic carbocycles. The van der Waals surface area contributed by atoms with Crippen LogP contribution in [0.4, 0.5) is 17.1 Å². The zero-order valence-corrected chi connectivity index (χ0v) is 12.7. The topological polar surface area (TPSA) is 58.2 Å².